The fraction of sp³-hybridized carbons (Fsp3) is 1.00. The lowest BCUT2D eigenvalue weighted by atomic mass is 10.2. The van der Waals surface area contributed by atoms with Crippen LogP contribution in [0.25, 0.3) is 0 Å². The van der Waals surface area contributed by atoms with E-state index >= 15 is 0 Å². The Bertz CT molecular complexity index is 117. The maximum Gasteiger partial charge on any atom is 0.0632 e. The fourth-order valence-corrected chi connectivity index (χ4v) is 2.68. The fourth-order valence-electron chi connectivity index (χ4n) is 1.56. The molecule has 0 spiro atoms. The predicted octanol–water partition coefficient (Wildman–Crippen LogP) is 0.107. The summed E-state index contributed by atoms with van der Waals surface area (Å²) in [6.45, 7) is 4.48. The molecule has 1 N–H and O–H groups in total. The molecule has 3 nitrogen and oxygen atoms in total. The van der Waals surface area contributed by atoms with Gasteiger partial charge < -0.3 is 14.8 Å². The monoisotopic (exact) mass is 189 g/mol. The van der Waals surface area contributed by atoms with Crippen LogP contribution < -0.4 is 5.32 Å². The molecule has 0 aromatic rings. The van der Waals surface area contributed by atoms with Crippen molar-refractivity contribution in [3.05, 3.63) is 0 Å². The van der Waals surface area contributed by atoms with Crippen LogP contribution in [0, 0.1) is 0 Å². The quantitative estimate of drug-likeness (QED) is 0.634. The van der Waals surface area contributed by atoms with Crippen molar-refractivity contribution >= 4 is 11.8 Å². The Kier molecular flexibility index (Phi) is 3.28. The summed E-state index contributed by atoms with van der Waals surface area (Å²) in [7, 11) is 0. The van der Waals surface area contributed by atoms with Gasteiger partial charge in [0.05, 0.1) is 26.4 Å². The standard InChI is InChI=1S/C8H15NO2S/c1-2-10-5-7(9-1)8-6-11-3-4-12-8/h7-9H,1-6H2. The first-order valence-corrected chi connectivity index (χ1v) is 5.52. The van der Waals surface area contributed by atoms with Crippen molar-refractivity contribution in [1.82, 2.24) is 5.32 Å². The first-order chi connectivity index (χ1) is 5.97. The van der Waals surface area contributed by atoms with Gasteiger partial charge in [-0.15, -0.1) is 0 Å². The molecule has 12 heavy (non-hydrogen) atoms. The smallest absolute Gasteiger partial charge is 0.0632 e. The maximum absolute atomic E-state index is 5.42. The normalized spacial score (nSPS) is 38.0. The third-order valence-corrected chi connectivity index (χ3v) is 3.54. The summed E-state index contributed by atoms with van der Waals surface area (Å²) in [4.78, 5) is 0. The second-order valence-electron chi connectivity index (χ2n) is 3.12. The van der Waals surface area contributed by atoms with Crippen LogP contribution in [0.1, 0.15) is 0 Å². The first kappa shape index (κ1) is 8.81. The summed E-state index contributed by atoms with van der Waals surface area (Å²) in [6, 6.07) is 0.504. The van der Waals surface area contributed by atoms with Crippen molar-refractivity contribution in [3.63, 3.8) is 0 Å². The number of hydrogen-bond acceptors (Lipinski definition) is 4. The topological polar surface area (TPSA) is 30.5 Å². The summed E-state index contributed by atoms with van der Waals surface area (Å²) < 4.78 is 10.8. The average molecular weight is 189 g/mol. The third kappa shape index (κ3) is 2.13. The number of nitrogens with one attached hydrogen (secondary N) is 1. The highest BCUT2D eigenvalue weighted by molar-refractivity contribution is 8.00. The van der Waals surface area contributed by atoms with Crippen molar-refractivity contribution < 1.29 is 9.47 Å². The summed E-state index contributed by atoms with van der Waals surface area (Å²) in [5.74, 6) is 1.13. The van der Waals surface area contributed by atoms with E-state index in [-0.39, 0.29) is 0 Å². The molecule has 2 unspecified atom stereocenters. The van der Waals surface area contributed by atoms with Gasteiger partial charge in [0.25, 0.3) is 0 Å². The lowest BCUT2D eigenvalue weighted by Gasteiger charge is -2.32. The first-order valence-electron chi connectivity index (χ1n) is 4.47. The van der Waals surface area contributed by atoms with Crippen LogP contribution in [0.4, 0.5) is 0 Å². The van der Waals surface area contributed by atoms with E-state index in [4.69, 9.17) is 9.47 Å². The van der Waals surface area contributed by atoms with Gasteiger partial charge in [-0.25, -0.2) is 0 Å². The molecule has 70 valence electrons. The van der Waals surface area contributed by atoms with Crippen molar-refractivity contribution in [2.24, 2.45) is 0 Å². The lowest BCUT2D eigenvalue weighted by Crippen LogP contribution is -2.50. The van der Waals surface area contributed by atoms with Gasteiger partial charge in [0.15, 0.2) is 0 Å². The summed E-state index contributed by atoms with van der Waals surface area (Å²) in [5.41, 5.74) is 0. The molecule has 0 bridgehead atoms. The van der Waals surface area contributed by atoms with E-state index in [1.54, 1.807) is 0 Å². The molecular formula is C8H15NO2S. The van der Waals surface area contributed by atoms with Crippen LogP contribution in [0.5, 0.6) is 0 Å². The van der Waals surface area contributed by atoms with Crippen LogP contribution in [-0.2, 0) is 9.47 Å². The van der Waals surface area contributed by atoms with E-state index in [2.05, 4.69) is 5.32 Å². The lowest BCUT2D eigenvalue weighted by molar-refractivity contribution is 0.0584. The Morgan fingerprint density at radius 1 is 1.17 bits per heavy atom. The second-order valence-corrected chi connectivity index (χ2v) is 4.47. The van der Waals surface area contributed by atoms with Crippen LogP contribution in [0.2, 0.25) is 0 Å². The minimum absolute atomic E-state index is 0.504. The van der Waals surface area contributed by atoms with Crippen LogP contribution in [0.15, 0.2) is 0 Å². The van der Waals surface area contributed by atoms with Crippen molar-refractivity contribution in [1.29, 1.82) is 0 Å². The molecule has 2 saturated heterocycles. The number of morpholine rings is 1. The summed E-state index contributed by atoms with van der Waals surface area (Å²) in [6.07, 6.45) is 0. The van der Waals surface area contributed by atoms with Crippen molar-refractivity contribution in [3.8, 4) is 0 Å². The summed E-state index contributed by atoms with van der Waals surface area (Å²) in [5, 5.41) is 4.06. The SMILES string of the molecule is C1COCC(C2COCCS2)N1. The second kappa shape index (κ2) is 4.46. The zero-order valence-corrected chi connectivity index (χ0v) is 7.94. The number of hydrogen-bond donors (Lipinski definition) is 1. The third-order valence-electron chi connectivity index (χ3n) is 2.24. The van der Waals surface area contributed by atoms with Gasteiger partial charge in [-0.1, -0.05) is 0 Å². The molecule has 2 aliphatic rings. The Labute approximate surface area is 77.2 Å². The van der Waals surface area contributed by atoms with Crippen molar-refractivity contribution in [2.45, 2.75) is 11.3 Å². The van der Waals surface area contributed by atoms with Gasteiger partial charge in [-0.3, -0.25) is 0 Å². The molecule has 4 heteroatoms. The molecule has 2 aliphatic heterocycles. The Hall–Kier alpha value is 0.230. The molecule has 2 fully saturated rings. The van der Waals surface area contributed by atoms with Gasteiger partial charge in [-0.2, -0.15) is 11.8 Å². The Balaban J connectivity index is 1.80. The molecule has 0 amide bonds. The Morgan fingerprint density at radius 3 is 2.75 bits per heavy atom. The van der Waals surface area contributed by atoms with Crippen molar-refractivity contribution in [2.75, 3.05) is 38.7 Å². The number of ether oxygens (including phenoxy) is 2. The average Bonchev–Trinajstić information content (AvgIpc) is 2.21. The van der Waals surface area contributed by atoms with E-state index in [9.17, 15) is 0 Å². The van der Waals surface area contributed by atoms with E-state index in [0.717, 1.165) is 38.7 Å². The molecule has 2 rings (SSSR count). The van der Waals surface area contributed by atoms with Gasteiger partial charge in [-0.05, 0) is 0 Å². The highest BCUT2D eigenvalue weighted by Crippen LogP contribution is 2.20. The highest BCUT2D eigenvalue weighted by atomic mass is 32.2. The molecule has 2 heterocycles. The van der Waals surface area contributed by atoms with Gasteiger partial charge in [0, 0.05) is 23.6 Å². The molecule has 0 radical (unpaired) electrons. The van der Waals surface area contributed by atoms with E-state index < -0.39 is 0 Å². The van der Waals surface area contributed by atoms with Crippen LogP contribution >= 0.6 is 11.8 Å². The molecule has 0 saturated carbocycles. The maximum atomic E-state index is 5.42. The van der Waals surface area contributed by atoms with Gasteiger partial charge in [0.2, 0.25) is 0 Å². The summed E-state index contributed by atoms with van der Waals surface area (Å²) >= 11 is 2.00. The van der Waals surface area contributed by atoms with Gasteiger partial charge >= 0.3 is 0 Å². The number of rotatable bonds is 1. The molecule has 0 aliphatic carbocycles. The highest BCUT2D eigenvalue weighted by Gasteiger charge is 2.26. The van der Waals surface area contributed by atoms with E-state index in [1.165, 1.54) is 0 Å². The zero-order valence-electron chi connectivity index (χ0n) is 7.12. The van der Waals surface area contributed by atoms with Crippen LogP contribution in [0.3, 0.4) is 0 Å². The van der Waals surface area contributed by atoms with E-state index in [0.29, 0.717) is 11.3 Å². The Morgan fingerprint density at radius 2 is 2.08 bits per heavy atom. The van der Waals surface area contributed by atoms with E-state index in [1.807, 2.05) is 11.8 Å². The molecule has 0 aromatic carbocycles. The number of thioether (sulfide) groups is 1. The van der Waals surface area contributed by atoms with Crippen LogP contribution in [-0.4, -0.2) is 50.0 Å². The zero-order chi connectivity index (χ0) is 8.23. The molecular weight excluding hydrogens is 174 g/mol. The predicted molar refractivity (Wildman–Crippen MR) is 49.7 cm³/mol. The van der Waals surface area contributed by atoms with Gasteiger partial charge in [0.1, 0.15) is 0 Å². The largest absolute Gasteiger partial charge is 0.379 e. The molecule has 2 atom stereocenters. The molecule has 0 aromatic heterocycles. The minimum Gasteiger partial charge on any atom is -0.379 e. The minimum atomic E-state index is 0.504.